The van der Waals surface area contributed by atoms with Crippen molar-refractivity contribution in [2.24, 2.45) is 11.8 Å². The predicted octanol–water partition coefficient (Wildman–Crippen LogP) is 2.19. The van der Waals surface area contributed by atoms with Gasteiger partial charge in [-0.1, -0.05) is 33.6 Å². The highest BCUT2D eigenvalue weighted by Crippen LogP contribution is 2.24. The zero-order valence-electron chi connectivity index (χ0n) is 9.33. The van der Waals surface area contributed by atoms with Gasteiger partial charge in [0.05, 0.1) is 12.2 Å². The van der Waals surface area contributed by atoms with E-state index in [4.69, 9.17) is 0 Å². The third-order valence-corrected chi connectivity index (χ3v) is 3.06. The fourth-order valence-electron chi connectivity index (χ4n) is 1.99. The zero-order chi connectivity index (χ0) is 10.4. The lowest BCUT2D eigenvalue weighted by Crippen LogP contribution is -2.34. The molecule has 0 bridgehead atoms. The van der Waals surface area contributed by atoms with Crippen LogP contribution < -0.4 is 0 Å². The third kappa shape index (κ3) is 3.65. The van der Waals surface area contributed by atoms with Gasteiger partial charge in [-0.05, 0) is 19.3 Å². The van der Waals surface area contributed by atoms with Gasteiger partial charge in [0.2, 0.25) is 0 Å². The SMILES string of the molecule is CCC(CC)C(O)C(CC)C(C)O. The second-order valence-electron chi connectivity index (χ2n) is 3.88. The van der Waals surface area contributed by atoms with Gasteiger partial charge in [0.25, 0.3) is 0 Å². The lowest BCUT2D eigenvalue weighted by molar-refractivity contribution is -0.0154. The molecule has 0 aromatic rings. The molecular weight excluding hydrogens is 164 g/mol. The Labute approximate surface area is 82.0 Å². The summed E-state index contributed by atoms with van der Waals surface area (Å²) in [7, 11) is 0. The Morgan fingerprint density at radius 1 is 0.923 bits per heavy atom. The Kier molecular flexibility index (Phi) is 6.35. The van der Waals surface area contributed by atoms with Crippen LogP contribution in [0.25, 0.3) is 0 Å². The molecule has 0 aromatic carbocycles. The minimum atomic E-state index is -0.402. The molecule has 3 atom stereocenters. The smallest absolute Gasteiger partial charge is 0.0620 e. The Bertz CT molecular complexity index is 119. The second-order valence-corrected chi connectivity index (χ2v) is 3.88. The lowest BCUT2D eigenvalue weighted by atomic mass is 9.83. The van der Waals surface area contributed by atoms with Crippen LogP contribution in [0.4, 0.5) is 0 Å². The molecule has 0 rings (SSSR count). The van der Waals surface area contributed by atoms with Crippen LogP contribution in [0.5, 0.6) is 0 Å². The highest BCUT2D eigenvalue weighted by molar-refractivity contribution is 4.77. The topological polar surface area (TPSA) is 40.5 Å². The molecule has 2 nitrogen and oxygen atoms in total. The molecule has 0 aliphatic rings. The number of aliphatic hydroxyl groups excluding tert-OH is 2. The van der Waals surface area contributed by atoms with Gasteiger partial charge >= 0.3 is 0 Å². The second kappa shape index (κ2) is 6.39. The molecule has 0 amide bonds. The van der Waals surface area contributed by atoms with E-state index in [-0.39, 0.29) is 12.0 Å². The average molecular weight is 188 g/mol. The molecule has 13 heavy (non-hydrogen) atoms. The van der Waals surface area contributed by atoms with Crippen LogP contribution in [-0.4, -0.2) is 22.4 Å². The largest absolute Gasteiger partial charge is 0.393 e. The van der Waals surface area contributed by atoms with Crippen molar-refractivity contribution in [3.05, 3.63) is 0 Å². The van der Waals surface area contributed by atoms with Gasteiger partial charge in [-0.3, -0.25) is 0 Å². The van der Waals surface area contributed by atoms with E-state index in [2.05, 4.69) is 13.8 Å². The maximum Gasteiger partial charge on any atom is 0.0620 e. The Balaban J connectivity index is 4.24. The molecule has 3 unspecified atom stereocenters. The summed E-state index contributed by atoms with van der Waals surface area (Å²) in [6, 6.07) is 0. The van der Waals surface area contributed by atoms with E-state index < -0.39 is 6.10 Å². The maximum atomic E-state index is 9.98. The summed E-state index contributed by atoms with van der Waals surface area (Å²) in [6.07, 6.45) is 2.07. The number of hydrogen-bond donors (Lipinski definition) is 2. The molecule has 0 saturated carbocycles. The van der Waals surface area contributed by atoms with Gasteiger partial charge in [-0.15, -0.1) is 0 Å². The van der Waals surface area contributed by atoms with Crippen LogP contribution in [0.3, 0.4) is 0 Å². The molecule has 0 heterocycles. The van der Waals surface area contributed by atoms with Crippen molar-refractivity contribution >= 4 is 0 Å². The van der Waals surface area contributed by atoms with Crippen molar-refractivity contribution in [1.82, 2.24) is 0 Å². The monoisotopic (exact) mass is 188 g/mol. The molecule has 0 spiro atoms. The van der Waals surface area contributed by atoms with Gasteiger partial charge in [-0.2, -0.15) is 0 Å². The van der Waals surface area contributed by atoms with Crippen molar-refractivity contribution in [3.8, 4) is 0 Å². The van der Waals surface area contributed by atoms with E-state index in [9.17, 15) is 10.2 Å². The number of aliphatic hydroxyl groups is 2. The Hall–Kier alpha value is -0.0800. The zero-order valence-corrected chi connectivity index (χ0v) is 9.33. The molecule has 80 valence electrons. The van der Waals surface area contributed by atoms with Gasteiger partial charge in [0.15, 0.2) is 0 Å². The predicted molar refractivity (Wildman–Crippen MR) is 55.5 cm³/mol. The first kappa shape index (κ1) is 12.9. The minimum Gasteiger partial charge on any atom is -0.393 e. The first-order chi connectivity index (χ1) is 6.08. The summed E-state index contributed by atoms with van der Waals surface area (Å²) < 4.78 is 0. The molecule has 2 N–H and O–H groups in total. The number of hydrogen-bond acceptors (Lipinski definition) is 2. The summed E-state index contributed by atoms with van der Waals surface area (Å²) in [5, 5.41) is 19.4. The van der Waals surface area contributed by atoms with Gasteiger partial charge in [-0.25, -0.2) is 0 Å². The summed E-state index contributed by atoms with van der Waals surface area (Å²) in [5.74, 6) is 0.365. The van der Waals surface area contributed by atoms with E-state index in [1.165, 1.54) is 0 Å². The molecule has 0 aliphatic carbocycles. The van der Waals surface area contributed by atoms with Crippen molar-refractivity contribution < 1.29 is 10.2 Å². The first-order valence-electron chi connectivity index (χ1n) is 5.44. The molecule has 0 radical (unpaired) electrons. The maximum absolute atomic E-state index is 9.98. The van der Waals surface area contributed by atoms with Crippen molar-refractivity contribution in [2.45, 2.75) is 59.2 Å². The highest BCUT2D eigenvalue weighted by atomic mass is 16.3. The molecule has 0 saturated heterocycles. The fraction of sp³-hybridized carbons (Fsp3) is 1.00. The van der Waals surface area contributed by atoms with Crippen molar-refractivity contribution in [3.63, 3.8) is 0 Å². The third-order valence-electron chi connectivity index (χ3n) is 3.06. The van der Waals surface area contributed by atoms with Gasteiger partial charge in [0, 0.05) is 5.92 Å². The Morgan fingerprint density at radius 3 is 1.62 bits per heavy atom. The number of rotatable bonds is 6. The molecule has 2 heteroatoms. The standard InChI is InChI=1S/C11H24O2/c1-5-9(6-2)11(13)10(7-3)8(4)12/h8-13H,5-7H2,1-4H3. The Morgan fingerprint density at radius 2 is 1.38 bits per heavy atom. The van der Waals surface area contributed by atoms with Crippen LogP contribution >= 0.6 is 0 Å². The summed E-state index contributed by atoms with van der Waals surface area (Å²) in [4.78, 5) is 0. The average Bonchev–Trinajstić information content (AvgIpc) is 2.07. The minimum absolute atomic E-state index is 0.0323. The van der Waals surface area contributed by atoms with Crippen molar-refractivity contribution in [2.75, 3.05) is 0 Å². The van der Waals surface area contributed by atoms with Crippen molar-refractivity contribution in [1.29, 1.82) is 0 Å². The van der Waals surface area contributed by atoms with Crippen LogP contribution in [-0.2, 0) is 0 Å². The highest BCUT2D eigenvalue weighted by Gasteiger charge is 2.27. The molecule has 0 aromatic heterocycles. The summed E-state index contributed by atoms with van der Waals surface area (Å²) in [5.41, 5.74) is 0. The van der Waals surface area contributed by atoms with Gasteiger partial charge < -0.3 is 10.2 Å². The van der Waals surface area contributed by atoms with E-state index in [0.717, 1.165) is 19.3 Å². The normalized spacial score (nSPS) is 18.7. The van der Waals surface area contributed by atoms with Crippen LogP contribution in [0, 0.1) is 11.8 Å². The van der Waals surface area contributed by atoms with Crippen LogP contribution in [0.15, 0.2) is 0 Å². The summed E-state index contributed by atoms with van der Waals surface area (Å²) in [6.45, 7) is 7.96. The van der Waals surface area contributed by atoms with Gasteiger partial charge in [0.1, 0.15) is 0 Å². The quantitative estimate of drug-likeness (QED) is 0.671. The van der Waals surface area contributed by atoms with Crippen LogP contribution in [0.1, 0.15) is 47.0 Å². The molecular formula is C11H24O2. The van der Waals surface area contributed by atoms with E-state index in [1.807, 2.05) is 6.92 Å². The van der Waals surface area contributed by atoms with E-state index in [0.29, 0.717) is 5.92 Å². The van der Waals surface area contributed by atoms with Crippen LogP contribution in [0.2, 0.25) is 0 Å². The molecule has 0 aliphatic heterocycles. The molecule has 0 fully saturated rings. The van der Waals surface area contributed by atoms with E-state index >= 15 is 0 Å². The van der Waals surface area contributed by atoms with E-state index in [1.54, 1.807) is 6.92 Å². The lowest BCUT2D eigenvalue weighted by Gasteiger charge is -2.29. The fourth-order valence-corrected chi connectivity index (χ4v) is 1.99. The first-order valence-corrected chi connectivity index (χ1v) is 5.44. The summed E-state index contributed by atoms with van der Waals surface area (Å²) >= 11 is 0.